The fourth-order valence-corrected chi connectivity index (χ4v) is 4.77. The van der Waals surface area contributed by atoms with Crippen LogP contribution >= 0.6 is 0 Å². The summed E-state index contributed by atoms with van der Waals surface area (Å²) in [5.41, 5.74) is 1.39. The van der Waals surface area contributed by atoms with Gasteiger partial charge in [-0.3, -0.25) is 4.72 Å². The van der Waals surface area contributed by atoms with Crippen LogP contribution in [0.2, 0.25) is 0 Å². The molecule has 1 aromatic heterocycles. The first kappa shape index (κ1) is 20.6. The van der Waals surface area contributed by atoms with Crippen LogP contribution in [0.4, 0.5) is 11.6 Å². The molecule has 1 aliphatic rings. The van der Waals surface area contributed by atoms with E-state index in [4.69, 9.17) is 9.72 Å². The summed E-state index contributed by atoms with van der Waals surface area (Å²) in [5.74, 6) is 1.20. The third-order valence-electron chi connectivity index (χ3n) is 5.21. The summed E-state index contributed by atoms with van der Waals surface area (Å²) in [4.78, 5) is 11.7. The predicted octanol–water partition coefficient (Wildman–Crippen LogP) is 3.68. The van der Waals surface area contributed by atoms with Gasteiger partial charge in [0, 0.05) is 19.7 Å². The quantitative estimate of drug-likeness (QED) is 0.620. The molecule has 1 fully saturated rings. The van der Waals surface area contributed by atoms with Crippen molar-refractivity contribution >= 4 is 32.7 Å². The number of ether oxygens (including phenoxy) is 1. The van der Waals surface area contributed by atoms with Crippen molar-refractivity contribution in [1.29, 1.82) is 0 Å². The minimum Gasteiger partial charge on any atom is -0.381 e. The molecular weight excluding hydrogens is 400 g/mol. The molecule has 2 aromatic carbocycles. The Morgan fingerprint density at radius 3 is 2.50 bits per heavy atom. The minimum absolute atomic E-state index is 0.193. The smallest absolute Gasteiger partial charge is 0.263 e. The average Bonchev–Trinajstić information content (AvgIpc) is 2.78. The topological polar surface area (TPSA) is 84.4 Å². The number of para-hydroxylation sites is 2. The molecule has 1 aliphatic heterocycles. The first-order chi connectivity index (χ1) is 14.6. The number of hydrogen-bond acceptors (Lipinski definition) is 6. The maximum absolute atomic E-state index is 13.0. The standard InChI is InChI=1S/C22H26N4O3S/c1-2-29-16-17-9-8-14-26(15-17)22-21(23-19-12-6-7-13-20(19)24-22)25-30(27,28)18-10-4-3-5-11-18/h3-7,10-13,17H,2,8-9,14-16H2,1H3,(H,23,25). The van der Waals surface area contributed by atoms with Crippen LogP contribution < -0.4 is 9.62 Å². The van der Waals surface area contributed by atoms with Crippen molar-refractivity contribution < 1.29 is 13.2 Å². The van der Waals surface area contributed by atoms with E-state index in [-0.39, 0.29) is 10.7 Å². The lowest BCUT2D eigenvalue weighted by atomic mass is 9.99. The third kappa shape index (κ3) is 4.55. The first-order valence-electron chi connectivity index (χ1n) is 10.2. The number of benzene rings is 2. The summed E-state index contributed by atoms with van der Waals surface area (Å²) >= 11 is 0. The monoisotopic (exact) mass is 426 g/mol. The van der Waals surface area contributed by atoms with Crippen LogP contribution in [0.5, 0.6) is 0 Å². The van der Waals surface area contributed by atoms with Crippen LogP contribution in [0.15, 0.2) is 59.5 Å². The van der Waals surface area contributed by atoms with E-state index in [9.17, 15) is 8.42 Å². The van der Waals surface area contributed by atoms with Gasteiger partial charge >= 0.3 is 0 Å². The van der Waals surface area contributed by atoms with Gasteiger partial charge in [0.05, 0.1) is 22.5 Å². The average molecular weight is 427 g/mol. The van der Waals surface area contributed by atoms with Gasteiger partial charge in [0.2, 0.25) is 0 Å². The number of sulfonamides is 1. The Morgan fingerprint density at radius 1 is 1.07 bits per heavy atom. The Bertz CT molecular complexity index is 1110. The third-order valence-corrected chi connectivity index (χ3v) is 6.57. The van der Waals surface area contributed by atoms with Gasteiger partial charge in [-0.15, -0.1) is 0 Å². The van der Waals surface area contributed by atoms with Crippen molar-refractivity contribution in [2.75, 3.05) is 35.9 Å². The molecule has 0 saturated carbocycles. The van der Waals surface area contributed by atoms with E-state index >= 15 is 0 Å². The maximum atomic E-state index is 13.0. The zero-order valence-corrected chi connectivity index (χ0v) is 17.8. The second-order valence-corrected chi connectivity index (χ2v) is 9.10. The normalized spacial score (nSPS) is 17.2. The molecular formula is C22H26N4O3S. The second kappa shape index (κ2) is 8.97. The van der Waals surface area contributed by atoms with E-state index in [1.807, 2.05) is 31.2 Å². The Hall–Kier alpha value is -2.71. The Morgan fingerprint density at radius 2 is 1.77 bits per heavy atom. The highest BCUT2D eigenvalue weighted by Crippen LogP contribution is 2.30. The fourth-order valence-electron chi connectivity index (χ4n) is 3.74. The number of hydrogen-bond donors (Lipinski definition) is 1. The number of rotatable bonds is 7. The number of nitrogens with one attached hydrogen (secondary N) is 1. The molecule has 0 spiro atoms. The zero-order valence-electron chi connectivity index (χ0n) is 17.0. The van der Waals surface area contributed by atoms with Gasteiger partial charge in [-0.05, 0) is 49.9 Å². The minimum atomic E-state index is -3.77. The van der Waals surface area contributed by atoms with Gasteiger partial charge in [0.15, 0.2) is 11.6 Å². The molecule has 0 radical (unpaired) electrons. The summed E-state index contributed by atoms with van der Waals surface area (Å²) in [6.07, 6.45) is 2.08. The van der Waals surface area contributed by atoms with E-state index in [2.05, 4.69) is 14.6 Å². The van der Waals surface area contributed by atoms with Crippen LogP contribution in [0.25, 0.3) is 11.0 Å². The summed E-state index contributed by atoms with van der Waals surface area (Å²) in [6, 6.07) is 15.8. The Labute approximate surface area is 177 Å². The van der Waals surface area contributed by atoms with E-state index < -0.39 is 10.0 Å². The molecule has 158 valence electrons. The fraction of sp³-hybridized carbons (Fsp3) is 0.364. The van der Waals surface area contributed by atoms with Crippen molar-refractivity contribution in [3.05, 3.63) is 54.6 Å². The highest BCUT2D eigenvalue weighted by atomic mass is 32.2. The van der Waals surface area contributed by atoms with E-state index in [0.29, 0.717) is 30.5 Å². The van der Waals surface area contributed by atoms with Crippen molar-refractivity contribution in [3.8, 4) is 0 Å². The zero-order chi connectivity index (χ0) is 21.0. The molecule has 4 rings (SSSR count). The molecule has 8 heteroatoms. The van der Waals surface area contributed by atoms with Crippen LogP contribution in [0.1, 0.15) is 19.8 Å². The molecule has 0 bridgehead atoms. The van der Waals surface area contributed by atoms with Crippen molar-refractivity contribution in [1.82, 2.24) is 9.97 Å². The van der Waals surface area contributed by atoms with Crippen LogP contribution in [0, 0.1) is 5.92 Å². The van der Waals surface area contributed by atoms with Crippen LogP contribution in [-0.4, -0.2) is 44.7 Å². The Balaban J connectivity index is 1.71. The number of aromatic nitrogens is 2. The molecule has 1 N–H and O–H groups in total. The van der Waals surface area contributed by atoms with Gasteiger partial charge in [-0.25, -0.2) is 18.4 Å². The number of anilines is 2. The summed E-state index contributed by atoms with van der Waals surface area (Å²) in [6.45, 7) is 4.93. The molecule has 3 aromatic rings. The molecule has 2 heterocycles. The molecule has 30 heavy (non-hydrogen) atoms. The van der Waals surface area contributed by atoms with Gasteiger partial charge in [-0.1, -0.05) is 30.3 Å². The van der Waals surface area contributed by atoms with Crippen LogP contribution in [-0.2, 0) is 14.8 Å². The first-order valence-corrected chi connectivity index (χ1v) is 11.7. The highest BCUT2D eigenvalue weighted by Gasteiger charge is 2.26. The molecule has 7 nitrogen and oxygen atoms in total. The summed E-state index contributed by atoms with van der Waals surface area (Å²) < 4.78 is 34.2. The van der Waals surface area contributed by atoms with Crippen molar-refractivity contribution in [3.63, 3.8) is 0 Å². The SMILES string of the molecule is CCOCC1CCCN(c2nc3ccccc3nc2NS(=O)(=O)c2ccccc2)C1. The lowest BCUT2D eigenvalue weighted by Crippen LogP contribution is -2.38. The van der Waals surface area contributed by atoms with Gasteiger partial charge < -0.3 is 9.64 Å². The van der Waals surface area contributed by atoms with E-state index in [1.54, 1.807) is 30.3 Å². The largest absolute Gasteiger partial charge is 0.381 e. The van der Waals surface area contributed by atoms with Gasteiger partial charge in [-0.2, -0.15) is 0 Å². The van der Waals surface area contributed by atoms with Crippen LogP contribution in [0.3, 0.4) is 0 Å². The van der Waals surface area contributed by atoms with Crippen molar-refractivity contribution in [2.24, 2.45) is 5.92 Å². The Kier molecular flexibility index (Phi) is 6.15. The van der Waals surface area contributed by atoms with E-state index in [0.717, 1.165) is 31.4 Å². The molecule has 0 aliphatic carbocycles. The van der Waals surface area contributed by atoms with E-state index in [1.165, 1.54) is 0 Å². The summed E-state index contributed by atoms with van der Waals surface area (Å²) in [7, 11) is -3.77. The molecule has 1 saturated heterocycles. The van der Waals surface area contributed by atoms with Gasteiger partial charge in [0.1, 0.15) is 0 Å². The molecule has 1 unspecified atom stereocenters. The number of piperidine rings is 1. The number of fused-ring (bicyclic) bond motifs is 1. The second-order valence-electron chi connectivity index (χ2n) is 7.42. The lowest BCUT2D eigenvalue weighted by Gasteiger charge is -2.34. The molecule has 1 atom stereocenters. The van der Waals surface area contributed by atoms with Crippen molar-refractivity contribution in [2.45, 2.75) is 24.7 Å². The predicted molar refractivity (Wildman–Crippen MR) is 118 cm³/mol. The lowest BCUT2D eigenvalue weighted by molar-refractivity contribution is 0.104. The van der Waals surface area contributed by atoms with Gasteiger partial charge in [0.25, 0.3) is 10.0 Å². The summed E-state index contributed by atoms with van der Waals surface area (Å²) in [5, 5.41) is 0. The number of nitrogens with zero attached hydrogens (tertiary/aromatic N) is 3. The maximum Gasteiger partial charge on any atom is 0.263 e. The molecule has 0 amide bonds. The highest BCUT2D eigenvalue weighted by molar-refractivity contribution is 7.92.